The van der Waals surface area contributed by atoms with Crippen molar-refractivity contribution in [1.82, 2.24) is 9.97 Å². The van der Waals surface area contributed by atoms with Crippen LogP contribution < -0.4 is 5.32 Å². The van der Waals surface area contributed by atoms with Crippen LogP contribution in [-0.2, 0) is 5.88 Å². The molecule has 0 radical (unpaired) electrons. The molecule has 0 fully saturated rings. The summed E-state index contributed by atoms with van der Waals surface area (Å²) < 4.78 is 0. The second-order valence-electron chi connectivity index (χ2n) is 2.91. The van der Waals surface area contributed by atoms with Gasteiger partial charge in [0, 0.05) is 19.4 Å². The molecule has 0 aliphatic heterocycles. The van der Waals surface area contributed by atoms with E-state index < -0.39 is 0 Å². The van der Waals surface area contributed by atoms with Gasteiger partial charge in [-0.25, -0.2) is 4.98 Å². The van der Waals surface area contributed by atoms with E-state index in [9.17, 15) is 0 Å². The molecule has 0 aliphatic rings. The van der Waals surface area contributed by atoms with Gasteiger partial charge in [0.05, 0.1) is 16.5 Å². The van der Waals surface area contributed by atoms with Crippen molar-refractivity contribution in [2.24, 2.45) is 0 Å². The summed E-state index contributed by atoms with van der Waals surface area (Å²) in [7, 11) is 1.85. The average molecular weight is 240 g/mol. The van der Waals surface area contributed by atoms with Gasteiger partial charge in [0.1, 0.15) is 0 Å². The number of hydrogen-bond acceptors (Lipinski definition) is 4. The zero-order chi connectivity index (χ0) is 10.7. The first-order chi connectivity index (χ1) is 7.35. The molecule has 1 N–H and O–H groups in total. The molecule has 0 saturated heterocycles. The highest BCUT2D eigenvalue weighted by atomic mass is 35.5. The number of nitrogens with zero attached hydrogens (tertiary/aromatic N) is 2. The normalized spacial score (nSPS) is 10.3. The van der Waals surface area contributed by atoms with Gasteiger partial charge in [-0.1, -0.05) is 11.3 Å². The van der Waals surface area contributed by atoms with Crippen molar-refractivity contribution in [3.05, 3.63) is 30.2 Å². The lowest BCUT2D eigenvalue weighted by atomic mass is 10.2. The minimum atomic E-state index is 0.426. The van der Waals surface area contributed by atoms with Gasteiger partial charge in [-0.2, -0.15) is 0 Å². The van der Waals surface area contributed by atoms with Crippen molar-refractivity contribution in [2.75, 3.05) is 12.4 Å². The molecule has 3 nitrogen and oxygen atoms in total. The van der Waals surface area contributed by atoms with E-state index in [0.29, 0.717) is 5.88 Å². The van der Waals surface area contributed by atoms with E-state index in [-0.39, 0.29) is 0 Å². The fourth-order valence-electron chi connectivity index (χ4n) is 1.28. The smallest absolute Gasteiger partial charge is 0.183 e. The molecular formula is C10H10ClN3S. The molecule has 0 unspecified atom stereocenters. The number of nitrogens with one attached hydrogen (secondary N) is 1. The van der Waals surface area contributed by atoms with Gasteiger partial charge in [-0.05, 0) is 17.7 Å². The Morgan fingerprint density at radius 2 is 2.13 bits per heavy atom. The lowest BCUT2D eigenvalue weighted by molar-refractivity contribution is 1.22. The maximum Gasteiger partial charge on any atom is 0.183 e. The summed E-state index contributed by atoms with van der Waals surface area (Å²) in [6, 6.07) is 3.92. The van der Waals surface area contributed by atoms with Crippen LogP contribution in [0.15, 0.2) is 24.5 Å². The molecule has 0 spiro atoms. The first kappa shape index (κ1) is 10.4. The van der Waals surface area contributed by atoms with Crippen LogP contribution in [0, 0.1) is 0 Å². The summed E-state index contributed by atoms with van der Waals surface area (Å²) in [6.45, 7) is 0. The molecule has 78 valence electrons. The van der Waals surface area contributed by atoms with E-state index in [1.54, 1.807) is 23.7 Å². The quantitative estimate of drug-likeness (QED) is 0.837. The zero-order valence-corrected chi connectivity index (χ0v) is 9.77. The van der Waals surface area contributed by atoms with Crippen molar-refractivity contribution >= 4 is 28.1 Å². The van der Waals surface area contributed by atoms with Crippen LogP contribution in [0.2, 0.25) is 0 Å². The number of pyridine rings is 1. The number of halogens is 1. The molecule has 0 aromatic carbocycles. The summed E-state index contributed by atoms with van der Waals surface area (Å²) in [4.78, 5) is 9.48. The maximum atomic E-state index is 5.85. The van der Waals surface area contributed by atoms with Crippen LogP contribution in [-0.4, -0.2) is 17.0 Å². The van der Waals surface area contributed by atoms with Crippen LogP contribution in [0.1, 0.15) is 5.69 Å². The van der Waals surface area contributed by atoms with Gasteiger partial charge in [-0.3, -0.25) is 4.98 Å². The number of anilines is 1. The van der Waals surface area contributed by atoms with E-state index >= 15 is 0 Å². The van der Waals surface area contributed by atoms with E-state index in [2.05, 4.69) is 15.3 Å². The highest BCUT2D eigenvalue weighted by molar-refractivity contribution is 7.19. The second-order valence-corrected chi connectivity index (χ2v) is 4.18. The van der Waals surface area contributed by atoms with Crippen LogP contribution in [0.5, 0.6) is 0 Å². The molecule has 2 heterocycles. The molecule has 0 aliphatic carbocycles. The first-order valence-corrected chi connectivity index (χ1v) is 5.84. The predicted octanol–water partition coefficient (Wildman–Crippen LogP) is 2.99. The molecule has 0 bridgehead atoms. The molecule has 2 rings (SSSR count). The molecule has 2 aromatic heterocycles. The minimum absolute atomic E-state index is 0.426. The zero-order valence-electron chi connectivity index (χ0n) is 8.20. The number of alkyl halides is 1. The fourth-order valence-corrected chi connectivity index (χ4v) is 2.49. The van der Waals surface area contributed by atoms with E-state index in [1.807, 2.05) is 19.2 Å². The van der Waals surface area contributed by atoms with Gasteiger partial charge in [0.15, 0.2) is 5.13 Å². The third-order valence-electron chi connectivity index (χ3n) is 1.98. The highest BCUT2D eigenvalue weighted by Gasteiger charge is 2.10. The number of thiazole rings is 1. The van der Waals surface area contributed by atoms with Crippen LogP contribution in [0.3, 0.4) is 0 Å². The van der Waals surface area contributed by atoms with Crippen molar-refractivity contribution < 1.29 is 0 Å². The number of rotatable bonds is 3. The Morgan fingerprint density at radius 1 is 1.40 bits per heavy atom. The molecule has 0 atom stereocenters. The minimum Gasteiger partial charge on any atom is -0.365 e. The van der Waals surface area contributed by atoms with Crippen molar-refractivity contribution in [1.29, 1.82) is 0 Å². The van der Waals surface area contributed by atoms with E-state index in [4.69, 9.17) is 11.6 Å². The average Bonchev–Trinajstić information content (AvgIpc) is 2.73. The molecular weight excluding hydrogens is 230 g/mol. The molecule has 5 heteroatoms. The topological polar surface area (TPSA) is 37.8 Å². The Hall–Kier alpha value is -1.13. The van der Waals surface area contributed by atoms with E-state index in [0.717, 1.165) is 21.3 Å². The Balaban J connectivity index is 2.47. The predicted molar refractivity (Wildman–Crippen MR) is 64.4 cm³/mol. The molecule has 0 amide bonds. The summed E-state index contributed by atoms with van der Waals surface area (Å²) in [6.07, 6.45) is 3.54. The lowest BCUT2D eigenvalue weighted by Crippen LogP contribution is -1.86. The van der Waals surface area contributed by atoms with E-state index in [1.165, 1.54) is 0 Å². The Morgan fingerprint density at radius 3 is 2.73 bits per heavy atom. The fraction of sp³-hybridized carbons (Fsp3) is 0.200. The standard InChI is InChI=1S/C10H10ClN3S/c1-12-10-14-8(6-11)9(15-10)7-2-4-13-5-3-7/h2-5H,6H2,1H3,(H,12,14). The maximum absolute atomic E-state index is 5.85. The number of aromatic nitrogens is 2. The van der Waals surface area contributed by atoms with Crippen molar-refractivity contribution in [3.63, 3.8) is 0 Å². The van der Waals surface area contributed by atoms with Crippen molar-refractivity contribution in [3.8, 4) is 10.4 Å². The van der Waals surface area contributed by atoms with Gasteiger partial charge in [-0.15, -0.1) is 11.6 Å². The Kier molecular flexibility index (Phi) is 3.18. The molecule has 0 saturated carbocycles. The third-order valence-corrected chi connectivity index (χ3v) is 3.40. The van der Waals surface area contributed by atoms with Crippen molar-refractivity contribution in [2.45, 2.75) is 5.88 Å². The van der Waals surface area contributed by atoms with Gasteiger partial charge < -0.3 is 5.32 Å². The summed E-state index contributed by atoms with van der Waals surface area (Å²) in [5, 5.41) is 3.91. The lowest BCUT2D eigenvalue weighted by Gasteiger charge is -1.97. The second kappa shape index (κ2) is 4.59. The summed E-state index contributed by atoms with van der Waals surface area (Å²) >= 11 is 7.46. The Labute approximate surface area is 97.2 Å². The highest BCUT2D eigenvalue weighted by Crippen LogP contribution is 2.33. The Bertz CT molecular complexity index is 441. The largest absolute Gasteiger partial charge is 0.365 e. The molecule has 2 aromatic rings. The van der Waals surface area contributed by atoms with Gasteiger partial charge in [0.2, 0.25) is 0 Å². The first-order valence-electron chi connectivity index (χ1n) is 4.49. The summed E-state index contributed by atoms with van der Waals surface area (Å²) in [5.74, 6) is 0.426. The van der Waals surface area contributed by atoms with Crippen LogP contribution in [0.25, 0.3) is 10.4 Å². The molecule has 15 heavy (non-hydrogen) atoms. The van der Waals surface area contributed by atoms with Crippen LogP contribution in [0.4, 0.5) is 5.13 Å². The SMILES string of the molecule is CNc1nc(CCl)c(-c2ccncc2)s1. The number of hydrogen-bond donors (Lipinski definition) is 1. The monoisotopic (exact) mass is 239 g/mol. The van der Waals surface area contributed by atoms with Gasteiger partial charge >= 0.3 is 0 Å². The van der Waals surface area contributed by atoms with Crippen LogP contribution >= 0.6 is 22.9 Å². The van der Waals surface area contributed by atoms with Gasteiger partial charge in [0.25, 0.3) is 0 Å². The third kappa shape index (κ3) is 2.11. The summed E-state index contributed by atoms with van der Waals surface area (Å²) in [5.41, 5.74) is 2.02.